The third-order valence-corrected chi connectivity index (χ3v) is 4.26. The fourth-order valence-corrected chi connectivity index (χ4v) is 2.52. The predicted molar refractivity (Wildman–Crippen MR) is 85.9 cm³/mol. The van der Waals surface area contributed by atoms with Gasteiger partial charge in [-0.25, -0.2) is 0 Å². The number of carbonyl (C=O) groups is 2. The molecule has 1 aromatic rings. The predicted octanol–water partition coefficient (Wildman–Crippen LogP) is 3.51. The Morgan fingerprint density at radius 1 is 1.14 bits per heavy atom. The van der Waals surface area contributed by atoms with Gasteiger partial charge >= 0.3 is 0 Å². The summed E-state index contributed by atoms with van der Waals surface area (Å²) in [4.78, 5) is 26.2. The second-order valence-corrected chi connectivity index (χ2v) is 6.58. The lowest BCUT2D eigenvalue weighted by Crippen LogP contribution is -2.45. The number of nitrogens with zero attached hydrogens (tertiary/aromatic N) is 1. The first kappa shape index (κ1) is 16.7. The van der Waals surface area contributed by atoms with Gasteiger partial charge in [0, 0.05) is 6.61 Å². The molecule has 2 amide bonds. The maximum atomic E-state index is 12.4. The smallest absolute Gasteiger partial charge is 0.261 e. The minimum Gasteiger partial charge on any atom is -0.373 e. The van der Waals surface area contributed by atoms with Crippen molar-refractivity contribution in [3.8, 4) is 0 Å². The van der Waals surface area contributed by atoms with Gasteiger partial charge in [0.05, 0.1) is 23.3 Å². The molecule has 22 heavy (non-hydrogen) atoms. The average molecular weight is 303 g/mol. The maximum Gasteiger partial charge on any atom is 0.261 e. The van der Waals surface area contributed by atoms with Crippen LogP contribution in [0.15, 0.2) is 24.3 Å². The first-order chi connectivity index (χ1) is 10.4. The zero-order valence-electron chi connectivity index (χ0n) is 13.9. The summed E-state index contributed by atoms with van der Waals surface area (Å²) in [7, 11) is 0. The van der Waals surface area contributed by atoms with Crippen LogP contribution in [0.5, 0.6) is 0 Å². The van der Waals surface area contributed by atoms with Crippen molar-refractivity contribution in [2.24, 2.45) is 5.92 Å². The van der Waals surface area contributed by atoms with Crippen LogP contribution in [-0.2, 0) is 4.74 Å². The van der Waals surface area contributed by atoms with Crippen molar-refractivity contribution in [1.29, 1.82) is 0 Å². The molecule has 2 rings (SSSR count). The van der Waals surface area contributed by atoms with Crippen molar-refractivity contribution < 1.29 is 14.3 Å². The number of amides is 2. The van der Waals surface area contributed by atoms with Gasteiger partial charge in [0.25, 0.3) is 11.8 Å². The van der Waals surface area contributed by atoms with E-state index in [0.29, 0.717) is 30.2 Å². The molecule has 120 valence electrons. The summed E-state index contributed by atoms with van der Waals surface area (Å²) in [5.41, 5.74) is 0.490. The van der Waals surface area contributed by atoms with Crippen LogP contribution in [0.2, 0.25) is 0 Å². The second kappa shape index (κ2) is 6.61. The molecule has 0 saturated heterocycles. The summed E-state index contributed by atoms with van der Waals surface area (Å²) in [6.07, 6.45) is 1.72. The summed E-state index contributed by atoms with van der Waals surface area (Å²) in [5.74, 6) is 0.140. The number of benzene rings is 1. The highest BCUT2D eigenvalue weighted by Gasteiger charge is 2.39. The first-order valence-electron chi connectivity index (χ1n) is 7.97. The van der Waals surface area contributed by atoms with Crippen LogP contribution in [0.25, 0.3) is 0 Å². The van der Waals surface area contributed by atoms with Gasteiger partial charge in [-0.3, -0.25) is 14.5 Å². The van der Waals surface area contributed by atoms with Gasteiger partial charge in [-0.15, -0.1) is 0 Å². The molecule has 1 aliphatic rings. The molecule has 4 nitrogen and oxygen atoms in total. The lowest BCUT2D eigenvalue weighted by molar-refractivity contribution is -0.0509. The third-order valence-electron chi connectivity index (χ3n) is 4.26. The first-order valence-corrected chi connectivity index (χ1v) is 7.97. The zero-order chi connectivity index (χ0) is 16.3. The van der Waals surface area contributed by atoms with E-state index in [1.807, 2.05) is 13.8 Å². The van der Waals surface area contributed by atoms with Crippen LogP contribution in [-0.4, -0.2) is 35.5 Å². The highest BCUT2D eigenvalue weighted by molar-refractivity contribution is 6.21. The SMILES string of the molecule is CCC(C)(CN1C(=O)c2ccccc2C1=O)OCCC(C)C. The third kappa shape index (κ3) is 3.38. The molecule has 4 heteroatoms. The molecule has 1 heterocycles. The second-order valence-electron chi connectivity index (χ2n) is 6.58. The standard InChI is InChI=1S/C18H25NO3/c1-5-18(4,22-11-10-13(2)3)12-19-16(20)14-8-6-7-9-15(14)17(19)21/h6-9,13H,5,10-12H2,1-4H3. The van der Waals surface area contributed by atoms with E-state index in [-0.39, 0.29) is 11.8 Å². The van der Waals surface area contributed by atoms with E-state index in [1.165, 1.54) is 4.90 Å². The van der Waals surface area contributed by atoms with E-state index in [2.05, 4.69) is 13.8 Å². The van der Waals surface area contributed by atoms with E-state index < -0.39 is 5.60 Å². The van der Waals surface area contributed by atoms with Gasteiger partial charge in [-0.05, 0) is 37.8 Å². The molecule has 0 aromatic heterocycles. The van der Waals surface area contributed by atoms with Gasteiger partial charge in [-0.1, -0.05) is 32.9 Å². The number of imide groups is 1. The molecule has 1 unspecified atom stereocenters. The van der Waals surface area contributed by atoms with Crippen LogP contribution in [0.4, 0.5) is 0 Å². The number of fused-ring (bicyclic) bond motifs is 1. The van der Waals surface area contributed by atoms with Gasteiger partial charge in [0.2, 0.25) is 0 Å². The van der Waals surface area contributed by atoms with Crippen LogP contribution < -0.4 is 0 Å². The largest absolute Gasteiger partial charge is 0.373 e. The Morgan fingerprint density at radius 3 is 2.14 bits per heavy atom. The summed E-state index contributed by atoms with van der Waals surface area (Å²) >= 11 is 0. The maximum absolute atomic E-state index is 12.4. The topological polar surface area (TPSA) is 46.6 Å². The summed E-state index contributed by atoms with van der Waals surface area (Å²) in [5, 5.41) is 0. The van der Waals surface area contributed by atoms with E-state index in [0.717, 1.165) is 12.8 Å². The van der Waals surface area contributed by atoms with Crippen molar-refractivity contribution >= 4 is 11.8 Å². The fraction of sp³-hybridized carbons (Fsp3) is 0.556. The number of rotatable bonds is 7. The monoisotopic (exact) mass is 303 g/mol. The van der Waals surface area contributed by atoms with Gasteiger partial charge < -0.3 is 4.74 Å². The molecule has 1 atom stereocenters. The Hall–Kier alpha value is -1.68. The van der Waals surface area contributed by atoms with Crippen molar-refractivity contribution in [1.82, 2.24) is 4.90 Å². The van der Waals surface area contributed by atoms with Crippen LogP contribution in [0.1, 0.15) is 61.3 Å². The molecule has 0 N–H and O–H groups in total. The van der Waals surface area contributed by atoms with Gasteiger partial charge in [0.1, 0.15) is 0 Å². The van der Waals surface area contributed by atoms with E-state index in [4.69, 9.17) is 4.74 Å². The molecule has 0 aliphatic carbocycles. The van der Waals surface area contributed by atoms with Crippen molar-refractivity contribution in [3.05, 3.63) is 35.4 Å². The zero-order valence-corrected chi connectivity index (χ0v) is 13.9. The lowest BCUT2D eigenvalue weighted by atomic mass is 10.0. The summed E-state index contributed by atoms with van der Waals surface area (Å²) < 4.78 is 6.00. The average Bonchev–Trinajstić information content (AvgIpc) is 2.72. The van der Waals surface area contributed by atoms with Gasteiger partial charge in [-0.2, -0.15) is 0 Å². The summed E-state index contributed by atoms with van der Waals surface area (Å²) in [6.45, 7) is 9.23. The minimum atomic E-state index is -0.498. The van der Waals surface area contributed by atoms with E-state index in [1.54, 1.807) is 24.3 Å². The Morgan fingerprint density at radius 2 is 1.68 bits per heavy atom. The van der Waals surface area contributed by atoms with Crippen LogP contribution in [0, 0.1) is 5.92 Å². The number of hydrogen-bond donors (Lipinski definition) is 0. The van der Waals surface area contributed by atoms with Crippen LogP contribution >= 0.6 is 0 Å². The quantitative estimate of drug-likeness (QED) is 0.724. The normalized spacial score (nSPS) is 17.0. The van der Waals surface area contributed by atoms with Crippen LogP contribution in [0.3, 0.4) is 0 Å². The number of hydrogen-bond acceptors (Lipinski definition) is 3. The molecular weight excluding hydrogens is 278 g/mol. The molecule has 0 fully saturated rings. The Balaban J connectivity index is 2.09. The Kier molecular flexibility index (Phi) is 5.01. The molecule has 1 aromatic carbocycles. The van der Waals surface area contributed by atoms with Crippen molar-refractivity contribution in [2.45, 2.75) is 46.1 Å². The highest BCUT2D eigenvalue weighted by Crippen LogP contribution is 2.27. The fourth-order valence-electron chi connectivity index (χ4n) is 2.52. The molecule has 0 radical (unpaired) electrons. The van der Waals surface area contributed by atoms with E-state index >= 15 is 0 Å². The Bertz CT molecular complexity index is 532. The molecule has 0 saturated carbocycles. The van der Waals surface area contributed by atoms with E-state index in [9.17, 15) is 9.59 Å². The van der Waals surface area contributed by atoms with Gasteiger partial charge in [0.15, 0.2) is 0 Å². The number of ether oxygens (including phenoxy) is 1. The van der Waals surface area contributed by atoms with Crippen molar-refractivity contribution in [2.75, 3.05) is 13.2 Å². The minimum absolute atomic E-state index is 0.215. The summed E-state index contributed by atoms with van der Waals surface area (Å²) in [6, 6.07) is 6.98. The van der Waals surface area contributed by atoms with Crippen molar-refractivity contribution in [3.63, 3.8) is 0 Å². The molecule has 1 aliphatic heterocycles. The Labute approximate surface area is 132 Å². The molecular formula is C18H25NO3. The molecule has 0 spiro atoms. The highest BCUT2D eigenvalue weighted by atomic mass is 16.5. The lowest BCUT2D eigenvalue weighted by Gasteiger charge is -2.32. The number of carbonyl (C=O) groups excluding carboxylic acids is 2. The molecule has 0 bridgehead atoms.